The molecule has 0 N–H and O–H groups in total. The minimum atomic E-state index is -4.12. The van der Waals surface area contributed by atoms with Crippen LogP contribution in [-0.2, 0) is 0 Å². The number of rotatable bonds is 5. The molecule has 5 heteroatoms. The first-order valence-electron chi connectivity index (χ1n) is 6.48. The summed E-state index contributed by atoms with van der Waals surface area (Å²) in [6, 6.07) is 16.4. The van der Waals surface area contributed by atoms with Crippen LogP contribution in [0.5, 0.6) is 11.5 Å². The van der Waals surface area contributed by atoms with Gasteiger partial charge in [0.05, 0.1) is 0 Å². The monoisotopic (exact) mass is 358 g/mol. The Labute approximate surface area is 129 Å². The molecule has 0 saturated carbocycles. The topological polar surface area (TPSA) is 9.23 Å². The zero-order valence-corrected chi connectivity index (χ0v) is 12.7. The Kier molecular flexibility index (Phi) is 5.28. The van der Waals surface area contributed by atoms with E-state index in [0.717, 1.165) is 11.3 Å². The largest absolute Gasteiger partial charge is 0.457 e. The van der Waals surface area contributed by atoms with Crippen molar-refractivity contribution in [2.45, 2.75) is 23.8 Å². The summed E-state index contributed by atoms with van der Waals surface area (Å²) in [7, 11) is 0. The van der Waals surface area contributed by atoms with Gasteiger partial charge in [0, 0.05) is 11.2 Å². The highest BCUT2D eigenvalue weighted by Crippen LogP contribution is 2.34. The van der Waals surface area contributed by atoms with Crippen molar-refractivity contribution >= 4 is 15.9 Å². The Morgan fingerprint density at radius 3 is 2.05 bits per heavy atom. The summed E-state index contributed by atoms with van der Waals surface area (Å²) in [5.74, 6) is 1.37. The fourth-order valence-electron chi connectivity index (χ4n) is 1.83. The summed E-state index contributed by atoms with van der Waals surface area (Å²) in [6.45, 7) is 0. The number of ether oxygens (including phenoxy) is 1. The Bertz CT molecular complexity index is 552. The van der Waals surface area contributed by atoms with Crippen molar-refractivity contribution in [1.29, 1.82) is 0 Å². The lowest BCUT2D eigenvalue weighted by Gasteiger charge is -2.13. The third-order valence-corrected chi connectivity index (χ3v) is 3.89. The van der Waals surface area contributed by atoms with E-state index in [4.69, 9.17) is 4.74 Å². The van der Waals surface area contributed by atoms with Crippen molar-refractivity contribution in [3.63, 3.8) is 0 Å². The van der Waals surface area contributed by atoms with Crippen molar-refractivity contribution in [1.82, 2.24) is 0 Å². The van der Waals surface area contributed by atoms with E-state index in [-0.39, 0.29) is 11.2 Å². The highest BCUT2D eigenvalue weighted by molar-refractivity contribution is 9.09. The first-order valence-corrected chi connectivity index (χ1v) is 7.39. The third-order valence-electron chi connectivity index (χ3n) is 2.90. The normalized spacial score (nSPS) is 13.0. The van der Waals surface area contributed by atoms with E-state index >= 15 is 0 Å². The molecule has 1 nitrogen and oxygen atoms in total. The Hall–Kier alpha value is -1.49. The Morgan fingerprint density at radius 1 is 0.905 bits per heavy atom. The smallest absolute Gasteiger partial charge is 0.389 e. The average Bonchev–Trinajstić information content (AvgIpc) is 2.46. The molecule has 0 aliphatic carbocycles. The third kappa shape index (κ3) is 5.42. The molecule has 1 atom stereocenters. The molecule has 0 aliphatic heterocycles. The molecule has 0 spiro atoms. The average molecular weight is 359 g/mol. The van der Waals surface area contributed by atoms with Crippen LogP contribution in [0.4, 0.5) is 13.2 Å². The Balaban J connectivity index is 1.95. The standard InChI is InChI=1S/C16H14BrF3O/c17-15(10-11-16(18,19)20)12-6-8-14(9-7-12)21-13-4-2-1-3-5-13/h1-9,15H,10-11H2. The molecular weight excluding hydrogens is 345 g/mol. The molecule has 0 aliphatic rings. The number of halogens is 4. The molecule has 0 amide bonds. The molecular formula is C16H14BrF3O. The van der Waals surface area contributed by atoms with E-state index in [1.165, 1.54) is 0 Å². The maximum atomic E-state index is 12.2. The zero-order valence-electron chi connectivity index (χ0n) is 11.1. The number of benzene rings is 2. The Morgan fingerprint density at radius 2 is 1.48 bits per heavy atom. The summed E-state index contributed by atoms with van der Waals surface area (Å²) in [4.78, 5) is -0.315. The quantitative estimate of drug-likeness (QED) is 0.573. The van der Waals surface area contributed by atoms with Gasteiger partial charge in [0.15, 0.2) is 0 Å². The van der Waals surface area contributed by atoms with Gasteiger partial charge in [-0.15, -0.1) is 0 Å². The van der Waals surface area contributed by atoms with Crippen molar-refractivity contribution in [2.75, 3.05) is 0 Å². The van der Waals surface area contributed by atoms with Crippen LogP contribution < -0.4 is 4.74 Å². The van der Waals surface area contributed by atoms with E-state index in [2.05, 4.69) is 15.9 Å². The summed E-state index contributed by atoms with van der Waals surface area (Å²) < 4.78 is 42.2. The molecule has 2 aromatic rings. The van der Waals surface area contributed by atoms with E-state index in [1.807, 2.05) is 30.3 Å². The molecule has 0 heterocycles. The number of hydrogen-bond donors (Lipinski definition) is 0. The van der Waals surface area contributed by atoms with Gasteiger partial charge in [-0.3, -0.25) is 0 Å². The van der Waals surface area contributed by atoms with Gasteiger partial charge in [0.25, 0.3) is 0 Å². The molecule has 21 heavy (non-hydrogen) atoms. The van der Waals surface area contributed by atoms with Crippen LogP contribution in [0.15, 0.2) is 54.6 Å². The summed E-state index contributed by atoms with van der Waals surface area (Å²) in [5.41, 5.74) is 0.805. The van der Waals surface area contributed by atoms with E-state index < -0.39 is 12.6 Å². The highest BCUT2D eigenvalue weighted by atomic mass is 79.9. The van der Waals surface area contributed by atoms with E-state index in [9.17, 15) is 13.2 Å². The van der Waals surface area contributed by atoms with E-state index in [0.29, 0.717) is 5.75 Å². The fourth-order valence-corrected chi connectivity index (χ4v) is 2.36. The molecule has 0 bridgehead atoms. The van der Waals surface area contributed by atoms with Gasteiger partial charge < -0.3 is 4.74 Å². The van der Waals surface area contributed by atoms with Gasteiger partial charge in [-0.2, -0.15) is 13.2 Å². The molecule has 0 radical (unpaired) electrons. The lowest BCUT2D eigenvalue weighted by atomic mass is 10.1. The molecule has 2 rings (SSSR count). The number of para-hydroxylation sites is 1. The molecule has 0 fully saturated rings. The predicted molar refractivity (Wildman–Crippen MR) is 79.9 cm³/mol. The van der Waals surface area contributed by atoms with Crippen molar-refractivity contribution in [3.05, 3.63) is 60.2 Å². The van der Waals surface area contributed by atoms with Gasteiger partial charge in [0.2, 0.25) is 0 Å². The van der Waals surface area contributed by atoms with Gasteiger partial charge in [-0.05, 0) is 36.2 Å². The zero-order chi connectivity index (χ0) is 15.3. The second-order valence-corrected chi connectivity index (χ2v) is 5.71. The lowest BCUT2D eigenvalue weighted by molar-refractivity contribution is -0.135. The van der Waals surface area contributed by atoms with Gasteiger partial charge in [0.1, 0.15) is 11.5 Å². The summed E-state index contributed by atoms with van der Waals surface area (Å²) in [5, 5.41) is 0. The van der Waals surface area contributed by atoms with Crippen LogP contribution in [0.1, 0.15) is 23.2 Å². The second kappa shape index (κ2) is 6.98. The van der Waals surface area contributed by atoms with Gasteiger partial charge >= 0.3 is 6.18 Å². The molecule has 2 aromatic carbocycles. The minimum Gasteiger partial charge on any atom is -0.457 e. The predicted octanol–water partition coefficient (Wildman–Crippen LogP) is 6.26. The van der Waals surface area contributed by atoms with Crippen LogP contribution in [0.3, 0.4) is 0 Å². The molecule has 0 aromatic heterocycles. The molecule has 112 valence electrons. The summed E-state index contributed by atoms with van der Waals surface area (Å²) in [6.07, 6.45) is -4.91. The van der Waals surface area contributed by atoms with E-state index in [1.54, 1.807) is 24.3 Å². The molecule has 0 saturated heterocycles. The SMILES string of the molecule is FC(F)(F)CCC(Br)c1ccc(Oc2ccccc2)cc1. The summed E-state index contributed by atoms with van der Waals surface area (Å²) >= 11 is 3.29. The minimum absolute atomic E-state index is 0.0163. The number of hydrogen-bond acceptors (Lipinski definition) is 1. The number of alkyl halides is 4. The van der Waals surface area contributed by atoms with Crippen LogP contribution in [-0.4, -0.2) is 6.18 Å². The highest BCUT2D eigenvalue weighted by Gasteiger charge is 2.28. The fraction of sp³-hybridized carbons (Fsp3) is 0.250. The van der Waals surface area contributed by atoms with Crippen LogP contribution in [0.2, 0.25) is 0 Å². The van der Waals surface area contributed by atoms with Gasteiger partial charge in [-0.1, -0.05) is 46.3 Å². The first kappa shape index (κ1) is 15.9. The van der Waals surface area contributed by atoms with Crippen LogP contribution in [0, 0.1) is 0 Å². The van der Waals surface area contributed by atoms with Crippen LogP contribution >= 0.6 is 15.9 Å². The first-order chi connectivity index (χ1) is 9.94. The van der Waals surface area contributed by atoms with Crippen molar-refractivity contribution < 1.29 is 17.9 Å². The maximum absolute atomic E-state index is 12.2. The lowest BCUT2D eigenvalue weighted by Crippen LogP contribution is -2.08. The van der Waals surface area contributed by atoms with Crippen molar-refractivity contribution in [2.24, 2.45) is 0 Å². The van der Waals surface area contributed by atoms with Gasteiger partial charge in [-0.25, -0.2) is 0 Å². The van der Waals surface area contributed by atoms with Crippen molar-refractivity contribution in [3.8, 4) is 11.5 Å². The second-order valence-electron chi connectivity index (χ2n) is 4.61. The maximum Gasteiger partial charge on any atom is 0.389 e. The van der Waals surface area contributed by atoms with Crippen LogP contribution in [0.25, 0.3) is 0 Å². The molecule has 1 unspecified atom stereocenters.